The lowest BCUT2D eigenvalue weighted by atomic mass is 9.99. The number of piperidine rings is 1. The van der Waals surface area contributed by atoms with Gasteiger partial charge in [0.05, 0.1) is 12.5 Å². The van der Waals surface area contributed by atoms with Crippen LogP contribution in [-0.2, 0) is 9.53 Å². The summed E-state index contributed by atoms with van der Waals surface area (Å²) in [6.45, 7) is 1.71. The van der Waals surface area contributed by atoms with E-state index in [0.717, 1.165) is 12.8 Å². The van der Waals surface area contributed by atoms with Crippen molar-refractivity contribution >= 4 is 5.97 Å². The van der Waals surface area contributed by atoms with Gasteiger partial charge in [0.25, 0.3) is 0 Å². The molecule has 19 heavy (non-hydrogen) atoms. The second kappa shape index (κ2) is 7.09. The number of esters is 1. The minimum atomic E-state index is -4.33. The van der Waals surface area contributed by atoms with Crippen molar-refractivity contribution in [3.05, 3.63) is 0 Å². The molecule has 7 heteroatoms. The first-order valence-corrected chi connectivity index (χ1v) is 6.57. The van der Waals surface area contributed by atoms with Gasteiger partial charge in [-0.15, -0.1) is 0 Å². The SMILES string of the molecule is CCOC(=O)C1CCCCN1CC(CN)C(F)(F)F. The van der Waals surface area contributed by atoms with Crippen molar-refractivity contribution in [1.29, 1.82) is 0 Å². The first-order valence-electron chi connectivity index (χ1n) is 6.57. The molecule has 0 aromatic rings. The third-order valence-electron chi connectivity index (χ3n) is 3.37. The highest BCUT2D eigenvalue weighted by atomic mass is 19.4. The van der Waals surface area contributed by atoms with Gasteiger partial charge in [-0.2, -0.15) is 13.2 Å². The molecule has 0 aliphatic carbocycles. The van der Waals surface area contributed by atoms with Crippen molar-refractivity contribution in [1.82, 2.24) is 4.90 Å². The van der Waals surface area contributed by atoms with Crippen molar-refractivity contribution in [2.24, 2.45) is 11.7 Å². The van der Waals surface area contributed by atoms with E-state index >= 15 is 0 Å². The standard InChI is InChI=1S/C12H21F3N2O2/c1-2-19-11(18)10-5-3-4-6-17(10)8-9(7-16)12(13,14)15/h9-10H,2-8,16H2,1H3. The molecule has 0 saturated carbocycles. The van der Waals surface area contributed by atoms with Gasteiger partial charge in [-0.3, -0.25) is 9.69 Å². The normalized spacial score (nSPS) is 23.1. The molecule has 112 valence electrons. The molecular formula is C12H21F3N2O2. The van der Waals surface area contributed by atoms with Crippen LogP contribution in [0, 0.1) is 5.92 Å². The lowest BCUT2D eigenvalue weighted by molar-refractivity contribution is -0.181. The minimum Gasteiger partial charge on any atom is -0.465 e. The molecule has 1 aliphatic rings. The fourth-order valence-electron chi connectivity index (χ4n) is 2.31. The Hall–Kier alpha value is -0.820. The highest BCUT2D eigenvalue weighted by molar-refractivity contribution is 5.75. The summed E-state index contributed by atoms with van der Waals surface area (Å²) in [6.07, 6.45) is -2.15. The molecule has 1 heterocycles. The zero-order valence-electron chi connectivity index (χ0n) is 11.1. The zero-order chi connectivity index (χ0) is 14.5. The number of halogens is 3. The van der Waals surface area contributed by atoms with E-state index in [0.29, 0.717) is 13.0 Å². The Morgan fingerprint density at radius 1 is 1.47 bits per heavy atom. The molecule has 1 aliphatic heterocycles. The molecule has 2 N–H and O–H groups in total. The fourth-order valence-corrected chi connectivity index (χ4v) is 2.31. The number of likely N-dealkylation sites (tertiary alicyclic amines) is 1. The van der Waals surface area contributed by atoms with Gasteiger partial charge in [-0.1, -0.05) is 6.42 Å². The van der Waals surface area contributed by atoms with Crippen LogP contribution in [0.3, 0.4) is 0 Å². The Kier molecular flexibility index (Phi) is 6.06. The van der Waals surface area contributed by atoms with Gasteiger partial charge in [0.15, 0.2) is 0 Å². The van der Waals surface area contributed by atoms with E-state index < -0.39 is 30.7 Å². The Labute approximate surface area is 111 Å². The monoisotopic (exact) mass is 282 g/mol. The number of hydrogen-bond donors (Lipinski definition) is 1. The van der Waals surface area contributed by atoms with Crippen molar-refractivity contribution in [3.63, 3.8) is 0 Å². The average Bonchev–Trinajstić information content (AvgIpc) is 2.35. The third-order valence-corrected chi connectivity index (χ3v) is 3.37. The van der Waals surface area contributed by atoms with Gasteiger partial charge in [0, 0.05) is 13.1 Å². The van der Waals surface area contributed by atoms with E-state index in [9.17, 15) is 18.0 Å². The van der Waals surface area contributed by atoms with E-state index in [1.165, 1.54) is 0 Å². The summed E-state index contributed by atoms with van der Waals surface area (Å²) in [5.74, 6) is -2.03. The van der Waals surface area contributed by atoms with Crippen LogP contribution in [0.25, 0.3) is 0 Å². The van der Waals surface area contributed by atoms with Crippen LogP contribution < -0.4 is 5.73 Å². The zero-order valence-corrected chi connectivity index (χ0v) is 11.1. The molecular weight excluding hydrogens is 261 g/mol. The highest BCUT2D eigenvalue weighted by Gasteiger charge is 2.42. The summed E-state index contributed by atoms with van der Waals surface area (Å²) in [4.78, 5) is 13.3. The predicted octanol–water partition coefficient (Wildman–Crippen LogP) is 1.54. The number of hydrogen-bond acceptors (Lipinski definition) is 4. The van der Waals surface area contributed by atoms with Crippen LogP contribution in [0.15, 0.2) is 0 Å². The molecule has 0 bridgehead atoms. The molecule has 2 unspecified atom stereocenters. The molecule has 0 amide bonds. The Morgan fingerprint density at radius 2 is 2.16 bits per heavy atom. The summed E-state index contributed by atoms with van der Waals surface area (Å²) < 4.78 is 43.1. The van der Waals surface area contributed by atoms with Gasteiger partial charge in [0.2, 0.25) is 0 Å². The molecule has 4 nitrogen and oxygen atoms in total. The summed E-state index contributed by atoms with van der Waals surface area (Å²) in [6, 6.07) is -0.565. The molecule has 1 fully saturated rings. The topological polar surface area (TPSA) is 55.6 Å². The Morgan fingerprint density at radius 3 is 2.68 bits per heavy atom. The number of ether oxygens (including phenoxy) is 1. The first-order chi connectivity index (χ1) is 8.90. The smallest absolute Gasteiger partial charge is 0.394 e. The number of nitrogens with zero attached hydrogens (tertiary/aromatic N) is 1. The Bertz CT molecular complexity index is 297. The maximum atomic E-state index is 12.7. The highest BCUT2D eigenvalue weighted by Crippen LogP contribution is 2.28. The van der Waals surface area contributed by atoms with Crippen LogP contribution in [0.5, 0.6) is 0 Å². The second-order valence-corrected chi connectivity index (χ2v) is 4.73. The average molecular weight is 282 g/mol. The largest absolute Gasteiger partial charge is 0.465 e. The van der Waals surface area contributed by atoms with Crippen molar-refractivity contribution in [2.75, 3.05) is 26.2 Å². The number of nitrogens with two attached hydrogens (primary N) is 1. The van der Waals surface area contributed by atoms with Crippen molar-refractivity contribution in [3.8, 4) is 0 Å². The van der Waals surface area contributed by atoms with Gasteiger partial charge in [0.1, 0.15) is 6.04 Å². The van der Waals surface area contributed by atoms with Crippen LogP contribution in [0.4, 0.5) is 13.2 Å². The van der Waals surface area contributed by atoms with Crippen LogP contribution in [-0.4, -0.2) is 49.3 Å². The van der Waals surface area contributed by atoms with E-state index in [1.807, 2.05) is 0 Å². The minimum absolute atomic E-state index is 0.233. The van der Waals surface area contributed by atoms with Gasteiger partial charge in [-0.05, 0) is 26.3 Å². The summed E-state index contributed by atoms with van der Waals surface area (Å²) >= 11 is 0. The maximum Gasteiger partial charge on any atom is 0.394 e. The number of carbonyl (C=O) groups excluding carboxylic acids is 1. The maximum absolute atomic E-state index is 12.7. The van der Waals surface area contributed by atoms with E-state index in [-0.39, 0.29) is 13.2 Å². The quantitative estimate of drug-likeness (QED) is 0.777. The molecule has 1 rings (SSSR count). The Balaban J connectivity index is 2.69. The second-order valence-electron chi connectivity index (χ2n) is 4.73. The van der Waals surface area contributed by atoms with Crippen molar-refractivity contribution in [2.45, 2.75) is 38.4 Å². The van der Waals surface area contributed by atoms with E-state index in [2.05, 4.69) is 0 Å². The third kappa shape index (κ3) is 4.65. The van der Waals surface area contributed by atoms with Crippen LogP contribution in [0.1, 0.15) is 26.2 Å². The molecule has 0 radical (unpaired) electrons. The number of rotatable bonds is 5. The van der Waals surface area contributed by atoms with E-state index in [4.69, 9.17) is 10.5 Å². The summed E-state index contributed by atoms with van der Waals surface area (Å²) in [5, 5.41) is 0. The molecule has 0 aromatic carbocycles. The predicted molar refractivity (Wildman–Crippen MR) is 64.4 cm³/mol. The number of alkyl halides is 3. The van der Waals surface area contributed by atoms with Gasteiger partial charge < -0.3 is 10.5 Å². The van der Waals surface area contributed by atoms with Crippen LogP contribution in [0.2, 0.25) is 0 Å². The number of carbonyl (C=O) groups is 1. The van der Waals surface area contributed by atoms with E-state index in [1.54, 1.807) is 11.8 Å². The fraction of sp³-hybridized carbons (Fsp3) is 0.917. The van der Waals surface area contributed by atoms with Crippen LogP contribution >= 0.6 is 0 Å². The summed E-state index contributed by atoms with van der Waals surface area (Å²) in [7, 11) is 0. The first kappa shape index (κ1) is 16.2. The lowest BCUT2D eigenvalue weighted by Crippen LogP contribution is -2.50. The molecule has 0 aromatic heterocycles. The lowest BCUT2D eigenvalue weighted by Gasteiger charge is -2.36. The molecule has 0 spiro atoms. The summed E-state index contributed by atoms with van der Waals surface area (Å²) in [5.41, 5.74) is 5.19. The molecule has 1 saturated heterocycles. The molecule has 2 atom stereocenters. The van der Waals surface area contributed by atoms with Crippen molar-refractivity contribution < 1.29 is 22.7 Å². The van der Waals surface area contributed by atoms with Gasteiger partial charge in [-0.25, -0.2) is 0 Å². The van der Waals surface area contributed by atoms with Gasteiger partial charge >= 0.3 is 12.1 Å².